The number of nitrogens with one attached hydrogen (secondary N) is 1. The SMILES string of the molecule is C#CC1(NC(C)(C)C)CC[N+](C)(C)C1. The van der Waals surface area contributed by atoms with Crippen LogP contribution in [0.5, 0.6) is 0 Å². The second kappa shape index (κ2) is 3.25. The van der Waals surface area contributed by atoms with Gasteiger partial charge in [0, 0.05) is 12.0 Å². The number of nitrogens with zero attached hydrogens (tertiary/aromatic N) is 1. The molecule has 0 saturated carbocycles. The minimum absolute atomic E-state index is 0.0940. The van der Waals surface area contributed by atoms with Crippen LogP contribution in [0.1, 0.15) is 27.2 Å². The van der Waals surface area contributed by atoms with Crippen molar-refractivity contribution in [1.82, 2.24) is 5.32 Å². The molecule has 0 spiro atoms. The molecule has 0 aromatic carbocycles. The summed E-state index contributed by atoms with van der Waals surface area (Å²) >= 11 is 0. The van der Waals surface area contributed by atoms with E-state index < -0.39 is 0 Å². The average molecular weight is 195 g/mol. The normalized spacial score (nSPS) is 31.4. The molecule has 1 saturated heterocycles. The first-order chi connectivity index (χ1) is 6.18. The number of hydrogen-bond acceptors (Lipinski definition) is 1. The Morgan fingerprint density at radius 2 is 1.93 bits per heavy atom. The molecule has 0 aliphatic carbocycles. The first kappa shape index (κ1) is 11.6. The second-order valence-corrected chi connectivity index (χ2v) is 6.17. The minimum Gasteiger partial charge on any atom is -0.326 e. The van der Waals surface area contributed by atoms with Crippen LogP contribution >= 0.6 is 0 Å². The summed E-state index contributed by atoms with van der Waals surface area (Å²) < 4.78 is 1.02. The van der Waals surface area contributed by atoms with Crippen molar-refractivity contribution in [2.75, 3.05) is 27.2 Å². The van der Waals surface area contributed by atoms with Crippen LogP contribution in [-0.4, -0.2) is 42.7 Å². The topological polar surface area (TPSA) is 12.0 Å². The van der Waals surface area contributed by atoms with Crippen LogP contribution < -0.4 is 5.32 Å². The van der Waals surface area contributed by atoms with Crippen molar-refractivity contribution < 1.29 is 4.48 Å². The molecule has 1 N–H and O–H groups in total. The van der Waals surface area contributed by atoms with Crippen molar-refractivity contribution >= 4 is 0 Å². The number of hydrogen-bond donors (Lipinski definition) is 1. The Morgan fingerprint density at radius 3 is 2.21 bits per heavy atom. The van der Waals surface area contributed by atoms with E-state index in [1.807, 2.05) is 0 Å². The van der Waals surface area contributed by atoms with Gasteiger partial charge >= 0.3 is 0 Å². The largest absolute Gasteiger partial charge is 0.326 e. The molecule has 0 aromatic heterocycles. The second-order valence-electron chi connectivity index (χ2n) is 6.17. The molecule has 1 rings (SSSR count). The van der Waals surface area contributed by atoms with Gasteiger partial charge in [0.15, 0.2) is 0 Å². The summed E-state index contributed by atoms with van der Waals surface area (Å²) in [6.07, 6.45) is 6.75. The van der Waals surface area contributed by atoms with Crippen LogP contribution in [0.25, 0.3) is 0 Å². The molecule has 1 aliphatic rings. The zero-order chi connectivity index (χ0) is 11.0. The maximum absolute atomic E-state index is 5.67. The third-order valence-corrected chi connectivity index (χ3v) is 2.73. The fraction of sp³-hybridized carbons (Fsp3) is 0.833. The highest BCUT2D eigenvalue weighted by atomic mass is 15.4. The Morgan fingerprint density at radius 1 is 1.36 bits per heavy atom. The van der Waals surface area contributed by atoms with Gasteiger partial charge in [0.1, 0.15) is 12.1 Å². The summed E-state index contributed by atoms with van der Waals surface area (Å²) in [4.78, 5) is 0. The van der Waals surface area contributed by atoms with Gasteiger partial charge in [-0.1, -0.05) is 5.92 Å². The maximum Gasteiger partial charge on any atom is 0.135 e. The highest BCUT2D eigenvalue weighted by Gasteiger charge is 2.44. The first-order valence-electron chi connectivity index (χ1n) is 5.27. The summed E-state index contributed by atoms with van der Waals surface area (Å²) in [5.74, 6) is 2.96. The number of terminal acetylenes is 1. The van der Waals surface area contributed by atoms with Gasteiger partial charge in [0.25, 0.3) is 0 Å². The summed E-state index contributed by atoms with van der Waals surface area (Å²) in [6.45, 7) is 8.70. The molecule has 1 aliphatic heterocycles. The molecule has 80 valence electrons. The van der Waals surface area contributed by atoms with Crippen LogP contribution in [0.15, 0.2) is 0 Å². The standard InChI is InChI=1S/C12H23N2/c1-7-12(13-11(2,3)4)8-9-14(5,6)10-12/h1,13H,8-10H2,2-6H3/q+1. The number of quaternary nitrogens is 1. The predicted molar refractivity (Wildman–Crippen MR) is 60.9 cm³/mol. The maximum atomic E-state index is 5.67. The van der Waals surface area contributed by atoms with Crippen LogP contribution in [0.3, 0.4) is 0 Å². The van der Waals surface area contributed by atoms with E-state index in [-0.39, 0.29) is 11.1 Å². The fourth-order valence-corrected chi connectivity index (χ4v) is 2.36. The summed E-state index contributed by atoms with van der Waals surface area (Å²) in [7, 11) is 4.48. The molecule has 0 aromatic rings. The number of rotatable bonds is 1. The average Bonchev–Trinajstić information content (AvgIpc) is 2.24. The molecule has 2 heteroatoms. The molecule has 0 amide bonds. The Hall–Kier alpha value is -0.520. The minimum atomic E-state index is -0.0955. The Kier molecular flexibility index (Phi) is 2.69. The van der Waals surface area contributed by atoms with Crippen molar-refractivity contribution in [3.8, 4) is 12.3 Å². The van der Waals surface area contributed by atoms with Gasteiger partial charge < -0.3 is 4.48 Å². The van der Waals surface area contributed by atoms with Crippen molar-refractivity contribution in [1.29, 1.82) is 0 Å². The molecule has 1 heterocycles. The van der Waals surface area contributed by atoms with Gasteiger partial charge in [-0.25, -0.2) is 0 Å². The van der Waals surface area contributed by atoms with Gasteiger partial charge in [-0.2, -0.15) is 0 Å². The zero-order valence-corrected chi connectivity index (χ0v) is 10.1. The van der Waals surface area contributed by atoms with Crippen molar-refractivity contribution in [2.45, 2.75) is 38.3 Å². The molecular formula is C12H23N2+. The lowest BCUT2D eigenvalue weighted by molar-refractivity contribution is -0.879. The predicted octanol–water partition coefficient (Wildman–Crippen LogP) is 1.23. The molecule has 1 unspecified atom stereocenters. The zero-order valence-electron chi connectivity index (χ0n) is 10.1. The van der Waals surface area contributed by atoms with E-state index in [0.29, 0.717) is 0 Å². The summed E-state index contributed by atoms with van der Waals surface area (Å²) in [6, 6.07) is 0. The third-order valence-electron chi connectivity index (χ3n) is 2.73. The summed E-state index contributed by atoms with van der Waals surface area (Å²) in [5.41, 5.74) is -0.00153. The lowest BCUT2D eigenvalue weighted by atomic mass is 9.95. The molecule has 0 radical (unpaired) electrons. The van der Waals surface area contributed by atoms with Gasteiger partial charge in [-0.3, -0.25) is 5.32 Å². The van der Waals surface area contributed by atoms with Gasteiger partial charge in [-0.05, 0) is 20.8 Å². The van der Waals surface area contributed by atoms with E-state index in [4.69, 9.17) is 6.42 Å². The number of likely N-dealkylation sites (N-methyl/N-ethyl adjacent to an activating group) is 1. The molecular weight excluding hydrogens is 172 g/mol. The van der Waals surface area contributed by atoms with Crippen molar-refractivity contribution in [2.24, 2.45) is 0 Å². The van der Waals surface area contributed by atoms with Crippen LogP contribution in [0.4, 0.5) is 0 Å². The molecule has 0 bridgehead atoms. The van der Waals surface area contributed by atoms with E-state index in [1.165, 1.54) is 0 Å². The Bertz CT molecular complexity index is 254. The fourth-order valence-electron chi connectivity index (χ4n) is 2.36. The van der Waals surface area contributed by atoms with Gasteiger partial charge in [-0.15, -0.1) is 6.42 Å². The van der Waals surface area contributed by atoms with E-state index in [9.17, 15) is 0 Å². The van der Waals surface area contributed by atoms with Crippen LogP contribution in [-0.2, 0) is 0 Å². The van der Waals surface area contributed by atoms with Crippen molar-refractivity contribution in [3.63, 3.8) is 0 Å². The molecule has 14 heavy (non-hydrogen) atoms. The molecule has 1 fully saturated rings. The Labute approximate surface area is 88.3 Å². The molecule has 1 atom stereocenters. The third kappa shape index (κ3) is 2.73. The Balaban J connectivity index is 2.77. The highest BCUT2D eigenvalue weighted by molar-refractivity contribution is 5.16. The quantitative estimate of drug-likeness (QED) is 0.490. The van der Waals surface area contributed by atoms with E-state index in [2.05, 4.69) is 46.1 Å². The monoisotopic (exact) mass is 195 g/mol. The van der Waals surface area contributed by atoms with Crippen molar-refractivity contribution in [3.05, 3.63) is 0 Å². The van der Waals surface area contributed by atoms with Gasteiger partial charge in [0.2, 0.25) is 0 Å². The van der Waals surface area contributed by atoms with Gasteiger partial charge in [0.05, 0.1) is 20.6 Å². The lowest BCUT2D eigenvalue weighted by Gasteiger charge is -2.33. The molecule has 2 nitrogen and oxygen atoms in total. The first-order valence-corrected chi connectivity index (χ1v) is 5.27. The van der Waals surface area contributed by atoms with E-state index in [1.54, 1.807) is 0 Å². The smallest absolute Gasteiger partial charge is 0.135 e. The van der Waals surface area contributed by atoms with Crippen LogP contribution in [0.2, 0.25) is 0 Å². The van der Waals surface area contributed by atoms with E-state index >= 15 is 0 Å². The number of likely N-dealkylation sites (tertiary alicyclic amines) is 1. The summed E-state index contributed by atoms with van der Waals surface area (Å²) in [5, 5.41) is 3.59. The lowest BCUT2D eigenvalue weighted by Crippen LogP contribution is -2.56. The highest BCUT2D eigenvalue weighted by Crippen LogP contribution is 2.26. The van der Waals surface area contributed by atoms with E-state index in [0.717, 1.165) is 24.0 Å². The van der Waals surface area contributed by atoms with Crippen LogP contribution in [0, 0.1) is 12.3 Å².